The molecule has 0 fully saturated rings. The van der Waals surface area contributed by atoms with E-state index in [1.807, 2.05) is 5.32 Å². The fraction of sp³-hybridized carbons (Fsp3) is 0. The number of nitrogens with one attached hydrogen (secondary N) is 1. The molecule has 2 rings (SSSR count). The summed E-state index contributed by atoms with van der Waals surface area (Å²) in [5, 5.41) is 10.7. The maximum absolute atomic E-state index is 13.3. The van der Waals surface area contributed by atoms with E-state index in [0.717, 1.165) is 30.5 Å². The number of carbonyl (C=O) groups excluding carboxylic acids is 1. The maximum atomic E-state index is 13.3. The summed E-state index contributed by atoms with van der Waals surface area (Å²) in [5.74, 6) is -4.91. The Morgan fingerprint density at radius 3 is 2.37 bits per heavy atom. The molecule has 0 aliphatic carbocycles. The van der Waals surface area contributed by atoms with Crippen molar-refractivity contribution in [3.05, 3.63) is 53.5 Å². The lowest BCUT2D eigenvalue weighted by Gasteiger charge is -2.06. The summed E-state index contributed by atoms with van der Waals surface area (Å²) in [4.78, 5) is 22.5. The Hall–Kier alpha value is -2.70. The number of para-hydroxylation sites is 1. The van der Waals surface area contributed by atoms with Gasteiger partial charge in [-0.1, -0.05) is 6.07 Å². The van der Waals surface area contributed by atoms with Crippen LogP contribution in [0.15, 0.2) is 34.9 Å². The largest absolute Gasteiger partial charge is 0.478 e. The van der Waals surface area contributed by atoms with Gasteiger partial charge in [-0.3, -0.25) is 4.79 Å². The fourth-order valence-corrected chi connectivity index (χ4v) is 1.44. The number of aromatic carboxylic acids is 1. The highest BCUT2D eigenvalue weighted by Gasteiger charge is 2.22. The average Bonchev–Trinajstić information content (AvgIpc) is 2.83. The second kappa shape index (κ2) is 4.89. The summed E-state index contributed by atoms with van der Waals surface area (Å²) in [5.41, 5.74) is -1.06. The van der Waals surface area contributed by atoms with Crippen molar-refractivity contribution >= 4 is 17.6 Å². The first-order valence-electron chi connectivity index (χ1n) is 5.07. The third kappa shape index (κ3) is 2.44. The van der Waals surface area contributed by atoms with Crippen LogP contribution in [-0.2, 0) is 0 Å². The Morgan fingerprint density at radius 2 is 1.79 bits per heavy atom. The summed E-state index contributed by atoms with van der Waals surface area (Å²) in [6.45, 7) is 0. The molecule has 0 saturated heterocycles. The van der Waals surface area contributed by atoms with Crippen LogP contribution in [0, 0.1) is 11.6 Å². The third-order valence-corrected chi connectivity index (χ3v) is 2.30. The van der Waals surface area contributed by atoms with Gasteiger partial charge < -0.3 is 14.8 Å². The third-order valence-electron chi connectivity index (χ3n) is 2.30. The van der Waals surface area contributed by atoms with Crippen LogP contribution < -0.4 is 5.32 Å². The molecular formula is C12H7F2NO4. The van der Waals surface area contributed by atoms with E-state index in [2.05, 4.69) is 0 Å². The number of amides is 1. The molecule has 1 aromatic heterocycles. The van der Waals surface area contributed by atoms with Crippen molar-refractivity contribution in [1.82, 2.24) is 0 Å². The quantitative estimate of drug-likeness (QED) is 0.895. The zero-order chi connectivity index (χ0) is 14.0. The summed E-state index contributed by atoms with van der Waals surface area (Å²) >= 11 is 0. The van der Waals surface area contributed by atoms with Crippen molar-refractivity contribution < 1.29 is 27.9 Å². The van der Waals surface area contributed by atoms with Gasteiger partial charge in [0.25, 0.3) is 5.91 Å². The number of carboxylic acid groups (broad SMARTS) is 1. The molecule has 7 heteroatoms. The van der Waals surface area contributed by atoms with Crippen molar-refractivity contribution in [1.29, 1.82) is 0 Å². The van der Waals surface area contributed by atoms with Crippen LogP contribution in [0.3, 0.4) is 0 Å². The predicted molar refractivity (Wildman–Crippen MR) is 60.0 cm³/mol. The monoisotopic (exact) mass is 267 g/mol. The van der Waals surface area contributed by atoms with E-state index < -0.39 is 40.5 Å². The molecule has 0 aliphatic rings. The van der Waals surface area contributed by atoms with Crippen LogP contribution >= 0.6 is 0 Å². The molecule has 0 atom stereocenters. The summed E-state index contributed by atoms with van der Waals surface area (Å²) < 4.78 is 31.3. The van der Waals surface area contributed by atoms with E-state index in [-0.39, 0.29) is 0 Å². The molecule has 0 spiro atoms. The Morgan fingerprint density at radius 1 is 1.16 bits per heavy atom. The van der Waals surface area contributed by atoms with Crippen LogP contribution in [0.5, 0.6) is 0 Å². The van der Waals surface area contributed by atoms with Crippen LogP contribution in [0.1, 0.15) is 20.9 Å². The first-order chi connectivity index (χ1) is 9.00. The molecule has 19 heavy (non-hydrogen) atoms. The van der Waals surface area contributed by atoms with Crippen molar-refractivity contribution in [2.75, 3.05) is 5.32 Å². The number of benzene rings is 1. The van der Waals surface area contributed by atoms with Gasteiger partial charge in [0.15, 0.2) is 0 Å². The highest BCUT2D eigenvalue weighted by atomic mass is 19.1. The van der Waals surface area contributed by atoms with E-state index >= 15 is 0 Å². The van der Waals surface area contributed by atoms with Gasteiger partial charge in [-0.25, -0.2) is 13.6 Å². The Labute approximate surface area is 105 Å². The molecule has 0 saturated carbocycles. The van der Waals surface area contributed by atoms with Gasteiger partial charge in [0, 0.05) is 0 Å². The minimum absolute atomic E-state index is 0.394. The molecule has 1 heterocycles. The first kappa shape index (κ1) is 12.7. The molecule has 0 radical (unpaired) electrons. The van der Waals surface area contributed by atoms with Crippen LogP contribution in [0.25, 0.3) is 0 Å². The molecule has 0 bridgehead atoms. The lowest BCUT2D eigenvalue weighted by atomic mass is 10.2. The number of furan rings is 1. The highest BCUT2D eigenvalue weighted by molar-refractivity contribution is 6.08. The van der Waals surface area contributed by atoms with E-state index in [1.165, 1.54) is 0 Å². The van der Waals surface area contributed by atoms with Crippen molar-refractivity contribution in [3.63, 3.8) is 0 Å². The maximum Gasteiger partial charge on any atom is 0.339 e. The van der Waals surface area contributed by atoms with Gasteiger partial charge in [0.1, 0.15) is 22.9 Å². The molecule has 0 aliphatic heterocycles. The molecule has 1 aromatic carbocycles. The highest BCUT2D eigenvalue weighted by Crippen LogP contribution is 2.20. The number of carboxylic acids is 1. The van der Waals surface area contributed by atoms with Gasteiger partial charge >= 0.3 is 5.97 Å². The predicted octanol–water partition coefficient (Wildman–Crippen LogP) is 2.51. The van der Waals surface area contributed by atoms with E-state index in [4.69, 9.17) is 9.52 Å². The fourth-order valence-electron chi connectivity index (χ4n) is 1.44. The first-order valence-corrected chi connectivity index (χ1v) is 5.07. The molecule has 5 nitrogen and oxygen atoms in total. The SMILES string of the molecule is O=C(O)c1ccoc1C(=O)Nc1c(F)cccc1F. The lowest BCUT2D eigenvalue weighted by molar-refractivity contribution is 0.0690. The van der Waals surface area contributed by atoms with E-state index in [1.54, 1.807) is 0 Å². The minimum Gasteiger partial charge on any atom is -0.478 e. The van der Waals surface area contributed by atoms with E-state index in [9.17, 15) is 18.4 Å². The van der Waals surface area contributed by atoms with Gasteiger partial charge in [0.05, 0.1) is 6.26 Å². The van der Waals surface area contributed by atoms with Crippen LogP contribution in [-0.4, -0.2) is 17.0 Å². The normalized spacial score (nSPS) is 10.2. The van der Waals surface area contributed by atoms with Gasteiger partial charge in [-0.2, -0.15) is 0 Å². The summed E-state index contributed by atoms with van der Waals surface area (Å²) in [6, 6.07) is 4.11. The molecular weight excluding hydrogens is 260 g/mol. The smallest absolute Gasteiger partial charge is 0.339 e. The Bertz CT molecular complexity index is 631. The second-order valence-electron chi connectivity index (χ2n) is 3.52. The topological polar surface area (TPSA) is 79.5 Å². The van der Waals surface area contributed by atoms with Crippen molar-refractivity contribution in [3.8, 4) is 0 Å². The molecule has 2 aromatic rings. The van der Waals surface area contributed by atoms with Gasteiger partial charge in [-0.15, -0.1) is 0 Å². The minimum atomic E-state index is -1.38. The number of hydrogen-bond acceptors (Lipinski definition) is 3. The number of halogens is 2. The van der Waals surface area contributed by atoms with Crippen LogP contribution in [0.4, 0.5) is 14.5 Å². The molecule has 2 N–H and O–H groups in total. The van der Waals surface area contributed by atoms with Gasteiger partial charge in [0.2, 0.25) is 5.76 Å². The molecule has 1 amide bonds. The summed E-state index contributed by atoms with van der Waals surface area (Å²) in [7, 11) is 0. The standard InChI is InChI=1S/C12H7F2NO4/c13-7-2-1-3-8(14)9(7)15-11(16)10-6(12(17)18)4-5-19-10/h1-5H,(H,15,16)(H,17,18). The second-order valence-corrected chi connectivity index (χ2v) is 3.52. The molecule has 98 valence electrons. The van der Waals surface area contributed by atoms with Crippen molar-refractivity contribution in [2.24, 2.45) is 0 Å². The number of anilines is 1. The average molecular weight is 267 g/mol. The van der Waals surface area contributed by atoms with E-state index in [0.29, 0.717) is 0 Å². The van der Waals surface area contributed by atoms with Crippen molar-refractivity contribution in [2.45, 2.75) is 0 Å². The Kier molecular flexibility index (Phi) is 3.28. The van der Waals surface area contributed by atoms with Gasteiger partial charge in [-0.05, 0) is 18.2 Å². The summed E-state index contributed by atoms with van der Waals surface area (Å²) in [6.07, 6.45) is 0.996. The molecule has 0 unspecified atom stereocenters. The zero-order valence-corrected chi connectivity index (χ0v) is 9.31. The lowest BCUT2D eigenvalue weighted by Crippen LogP contribution is -2.16. The number of hydrogen-bond donors (Lipinski definition) is 2. The number of carbonyl (C=O) groups is 2. The Balaban J connectivity index is 2.31. The number of rotatable bonds is 3. The van der Waals surface area contributed by atoms with Crippen LogP contribution in [0.2, 0.25) is 0 Å². The zero-order valence-electron chi connectivity index (χ0n) is 9.31.